The lowest BCUT2D eigenvalue weighted by molar-refractivity contribution is -0.360. The number of carbonyl (C=O) groups excluding carboxylic acids is 1. The van der Waals surface area contributed by atoms with E-state index in [-0.39, 0.29) is 17.6 Å². The Kier molecular flexibility index (Phi) is 8.62. The smallest absolute Gasteiger partial charge is 0.426 e. The van der Waals surface area contributed by atoms with Crippen LogP contribution in [0.4, 0.5) is 22.0 Å². The standard InChI is InChI=1S/C25H33F5O3/c1-2-3-4-17-5-7-18(8-6-17)19-9-11-20(12-10-19)23(31)32-21-13-15-22(16-14-21)33-25(29,30)24(26,27)28/h13-20H,2-12H2,1H3. The summed E-state index contributed by atoms with van der Waals surface area (Å²) in [5.74, 6) is 1.12. The Bertz CT molecular complexity index is 746. The number of halogens is 5. The van der Waals surface area contributed by atoms with Crippen LogP contribution in [0.5, 0.6) is 11.5 Å². The Balaban J connectivity index is 1.42. The topological polar surface area (TPSA) is 35.5 Å². The molecule has 0 atom stereocenters. The SMILES string of the molecule is CCCCC1CCC(C2CCC(C(=O)Oc3ccc(OC(F)(F)C(F)(F)F)cc3)CC2)CC1. The Morgan fingerprint density at radius 2 is 1.36 bits per heavy atom. The average molecular weight is 477 g/mol. The molecule has 2 saturated carbocycles. The molecule has 3 rings (SSSR count). The van der Waals surface area contributed by atoms with Gasteiger partial charge in [0.2, 0.25) is 0 Å². The van der Waals surface area contributed by atoms with Crippen LogP contribution in [-0.2, 0) is 4.79 Å². The number of unbranched alkanes of at least 4 members (excludes halogenated alkanes) is 1. The minimum Gasteiger partial charge on any atom is -0.426 e. The molecule has 0 amide bonds. The number of carbonyl (C=O) groups is 1. The maximum atomic E-state index is 13.0. The number of hydrogen-bond acceptors (Lipinski definition) is 3. The van der Waals surface area contributed by atoms with E-state index in [9.17, 15) is 26.7 Å². The van der Waals surface area contributed by atoms with Crippen molar-refractivity contribution < 1.29 is 36.2 Å². The fraction of sp³-hybridized carbons (Fsp3) is 0.720. The lowest BCUT2D eigenvalue weighted by Gasteiger charge is -2.37. The predicted octanol–water partition coefficient (Wildman–Crippen LogP) is 7.93. The first kappa shape index (κ1) is 25.8. The van der Waals surface area contributed by atoms with Crippen LogP contribution in [0.25, 0.3) is 0 Å². The maximum Gasteiger partial charge on any atom is 0.499 e. The van der Waals surface area contributed by atoms with E-state index in [1.54, 1.807) is 0 Å². The fourth-order valence-electron chi connectivity index (χ4n) is 5.25. The number of alkyl halides is 5. The van der Waals surface area contributed by atoms with E-state index in [0.29, 0.717) is 5.92 Å². The molecule has 0 spiro atoms. The zero-order valence-corrected chi connectivity index (χ0v) is 19.0. The van der Waals surface area contributed by atoms with Crippen LogP contribution in [-0.4, -0.2) is 18.3 Å². The second kappa shape index (κ2) is 11.0. The molecule has 186 valence electrons. The van der Waals surface area contributed by atoms with Gasteiger partial charge in [-0.15, -0.1) is 0 Å². The molecule has 0 bridgehead atoms. The van der Waals surface area contributed by atoms with Gasteiger partial charge in [0.15, 0.2) is 0 Å². The van der Waals surface area contributed by atoms with Crippen molar-refractivity contribution in [1.82, 2.24) is 0 Å². The summed E-state index contributed by atoms with van der Waals surface area (Å²) in [4.78, 5) is 12.5. The predicted molar refractivity (Wildman–Crippen MR) is 114 cm³/mol. The van der Waals surface area contributed by atoms with Gasteiger partial charge in [-0.25, -0.2) is 0 Å². The molecule has 1 aromatic rings. The summed E-state index contributed by atoms with van der Waals surface area (Å²) in [6.07, 6.45) is 1.56. The number of hydrogen-bond donors (Lipinski definition) is 0. The van der Waals surface area contributed by atoms with Crippen LogP contribution in [0.3, 0.4) is 0 Å². The number of benzene rings is 1. The van der Waals surface area contributed by atoms with Crippen molar-refractivity contribution in [3.63, 3.8) is 0 Å². The van der Waals surface area contributed by atoms with E-state index in [1.807, 2.05) is 0 Å². The highest BCUT2D eigenvalue weighted by atomic mass is 19.4. The first-order valence-electron chi connectivity index (χ1n) is 12.0. The van der Waals surface area contributed by atoms with Gasteiger partial charge in [-0.2, -0.15) is 22.0 Å². The van der Waals surface area contributed by atoms with E-state index in [4.69, 9.17) is 4.74 Å². The molecule has 0 aliphatic heterocycles. The lowest BCUT2D eigenvalue weighted by Crippen LogP contribution is -2.41. The lowest BCUT2D eigenvalue weighted by atomic mass is 9.68. The van der Waals surface area contributed by atoms with Gasteiger partial charge in [-0.1, -0.05) is 39.0 Å². The van der Waals surface area contributed by atoms with Gasteiger partial charge in [0.25, 0.3) is 0 Å². The van der Waals surface area contributed by atoms with Gasteiger partial charge in [0.1, 0.15) is 11.5 Å². The molecule has 2 aliphatic carbocycles. The number of esters is 1. The molecule has 0 N–H and O–H groups in total. The molecule has 3 nitrogen and oxygen atoms in total. The van der Waals surface area contributed by atoms with Crippen LogP contribution in [0.2, 0.25) is 0 Å². The first-order valence-corrected chi connectivity index (χ1v) is 12.0. The van der Waals surface area contributed by atoms with Gasteiger partial charge >= 0.3 is 18.3 Å². The molecule has 0 radical (unpaired) electrons. The first-order chi connectivity index (χ1) is 15.6. The zero-order chi connectivity index (χ0) is 24.1. The molecular weight excluding hydrogens is 443 g/mol. The summed E-state index contributed by atoms with van der Waals surface area (Å²) < 4.78 is 71.7. The molecule has 0 saturated heterocycles. The molecule has 8 heteroatoms. The van der Waals surface area contributed by atoms with Crippen molar-refractivity contribution in [3.05, 3.63) is 24.3 Å². The Morgan fingerprint density at radius 1 is 0.848 bits per heavy atom. The second-order valence-corrected chi connectivity index (χ2v) is 9.54. The highest BCUT2D eigenvalue weighted by molar-refractivity contribution is 5.75. The third kappa shape index (κ3) is 7.06. The molecule has 1 aromatic carbocycles. The zero-order valence-electron chi connectivity index (χ0n) is 19.0. The Morgan fingerprint density at radius 3 is 1.88 bits per heavy atom. The van der Waals surface area contributed by atoms with Gasteiger partial charge in [0.05, 0.1) is 5.92 Å². The highest BCUT2D eigenvalue weighted by Crippen LogP contribution is 2.43. The van der Waals surface area contributed by atoms with E-state index < -0.39 is 18.0 Å². The van der Waals surface area contributed by atoms with Crippen LogP contribution >= 0.6 is 0 Å². The van der Waals surface area contributed by atoms with Crippen molar-refractivity contribution in [3.8, 4) is 11.5 Å². The molecule has 2 fully saturated rings. The minimum absolute atomic E-state index is 0.0928. The molecule has 2 aliphatic rings. The molecule has 0 aromatic heterocycles. The summed E-state index contributed by atoms with van der Waals surface area (Å²) in [7, 11) is 0. The highest BCUT2D eigenvalue weighted by Gasteiger charge is 2.61. The maximum absolute atomic E-state index is 13.0. The van der Waals surface area contributed by atoms with E-state index >= 15 is 0 Å². The third-order valence-corrected chi connectivity index (χ3v) is 7.25. The number of ether oxygens (including phenoxy) is 2. The van der Waals surface area contributed by atoms with Gasteiger partial charge in [-0.05, 0) is 80.5 Å². The Labute approximate surface area is 192 Å². The summed E-state index contributed by atoms with van der Waals surface area (Å²) in [5, 5.41) is 0. The van der Waals surface area contributed by atoms with Crippen LogP contribution in [0, 0.1) is 23.7 Å². The summed E-state index contributed by atoms with van der Waals surface area (Å²) >= 11 is 0. The third-order valence-electron chi connectivity index (χ3n) is 7.25. The minimum atomic E-state index is -5.81. The van der Waals surface area contributed by atoms with Crippen molar-refractivity contribution in [2.24, 2.45) is 23.7 Å². The summed E-state index contributed by atoms with van der Waals surface area (Å²) in [6, 6.07) is 4.16. The quantitative estimate of drug-likeness (QED) is 0.217. The van der Waals surface area contributed by atoms with Crippen molar-refractivity contribution in [2.45, 2.75) is 89.8 Å². The van der Waals surface area contributed by atoms with Crippen molar-refractivity contribution >= 4 is 5.97 Å². The van der Waals surface area contributed by atoms with E-state index in [1.165, 1.54) is 44.9 Å². The molecule has 33 heavy (non-hydrogen) atoms. The van der Waals surface area contributed by atoms with Gasteiger partial charge in [-0.3, -0.25) is 4.79 Å². The fourth-order valence-corrected chi connectivity index (χ4v) is 5.25. The molecular formula is C25H33F5O3. The average Bonchev–Trinajstić information content (AvgIpc) is 2.78. The van der Waals surface area contributed by atoms with Crippen molar-refractivity contribution in [2.75, 3.05) is 0 Å². The normalized spacial score (nSPS) is 26.6. The van der Waals surface area contributed by atoms with Gasteiger partial charge < -0.3 is 9.47 Å². The van der Waals surface area contributed by atoms with Gasteiger partial charge in [0, 0.05) is 0 Å². The second-order valence-electron chi connectivity index (χ2n) is 9.54. The van der Waals surface area contributed by atoms with E-state index in [2.05, 4.69) is 11.7 Å². The van der Waals surface area contributed by atoms with Crippen LogP contribution < -0.4 is 9.47 Å². The van der Waals surface area contributed by atoms with Crippen LogP contribution in [0.1, 0.15) is 77.6 Å². The molecule has 0 unspecified atom stereocenters. The van der Waals surface area contributed by atoms with E-state index in [0.717, 1.165) is 61.8 Å². The number of rotatable bonds is 8. The van der Waals surface area contributed by atoms with Crippen molar-refractivity contribution in [1.29, 1.82) is 0 Å². The Hall–Kier alpha value is -1.86. The summed E-state index contributed by atoms with van der Waals surface area (Å²) in [5.41, 5.74) is 0. The summed E-state index contributed by atoms with van der Waals surface area (Å²) in [6.45, 7) is 2.23. The van der Waals surface area contributed by atoms with Crippen LogP contribution in [0.15, 0.2) is 24.3 Å². The largest absolute Gasteiger partial charge is 0.499 e. The monoisotopic (exact) mass is 476 g/mol. The molecule has 0 heterocycles.